The molecule has 2 nitrogen and oxygen atoms in total. The molecule has 0 fully saturated rings. The summed E-state index contributed by atoms with van der Waals surface area (Å²) in [6.45, 7) is 3.67. The molecule has 90 valence electrons. The zero-order valence-corrected chi connectivity index (χ0v) is 13.2. The zero-order chi connectivity index (χ0) is 10.9. The maximum atomic E-state index is 5.84. The van der Waals surface area contributed by atoms with Crippen LogP contribution in [0.3, 0.4) is 0 Å². The fraction of sp³-hybridized carbons (Fsp3) is 1.00. The van der Waals surface area contributed by atoms with Crippen LogP contribution in [-0.2, 0) is 21.1 Å². The summed E-state index contributed by atoms with van der Waals surface area (Å²) in [5, 5.41) is 0. The third-order valence-corrected chi connectivity index (χ3v) is 3.93. The van der Waals surface area contributed by atoms with Gasteiger partial charge in [-0.1, -0.05) is 60.3 Å². The number of halogens is 4. The molecule has 0 bridgehead atoms. The van der Waals surface area contributed by atoms with E-state index in [0.717, 1.165) is 0 Å². The minimum absolute atomic E-state index is 0. The molecule has 0 unspecified atom stereocenters. The summed E-state index contributed by atoms with van der Waals surface area (Å²) in [5.41, 5.74) is 10.3. The van der Waals surface area contributed by atoms with Crippen LogP contribution < -0.4 is 11.5 Å². The molecule has 0 spiro atoms. The molecular weight excluding hydrogens is 449 g/mol. The fourth-order valence-electron chi connectivity index (χ4n) is 1.41. The monoisotopic (exact) mass is 461 g/mol. The van der Waals surface area contributed by atoms with Crippen molar-refractivity contribution in [2.45, 2.75) is 35.6 Å². The minimum Gasteiger partial charge on any atom is -0.300 e. The van der Waals surface area contributed by atoms with Gasteiger partial charge in [-0.25, -0.2) is 0 Å². The number of hydrogen-bond acceptors (Lipinski definition) is 2. The summed E-state index contributed by atoms with van der Waals surface area (Å²) in [5.74, 6) is 0. The Balaban J connectivity index is 0. The molecule has 0 aromatic rings. The summed E-state index contributed by atoms with van der Waals surface area (Å²) in [6, 6.07) is 0. The fourth-order valence-corrected chi connectivity index (χ4v) is 3.27. The van der Waals surface area contributed by atoms with Crippen LogP contribution in [0.25, 0.3) is 0 Å². The molecule has 0 aromatic heterocycles. The van der Waals surface area contributed by atoms with Gasteiger partial charge in [0, 0.05) is 21.1 Å². The summed E-state index contributed by atoms with van der Waals surface area (Å²) in [7, 11) is 0. The van der Waals surface area contributed by atoms with Crippen LogP contribution in [0.2, 0.25) is 0 Å². The van der Waals surface area contributed by atoms with Gasteiger partial charge in [0.25, 0.3) is 0 Å². The molecule has 0 aliphatic rings. The van der Waals surface area contributed by atoms with Crippen molar-refractivity contribution in [3.05, 3.63) is 0 Å². The van der Waals surface area contributed by atoms with E-state index in [4.69, 9.17) is 57.9 Å². The zero-order valence-electron chi connectivity index (χ0n) is 7.90. The SMILES string of the molecule is CCC(CC)(C(N)(Cl)Cl)C(N)(Cl)Cl.[Pt]. The molecule has 0 aliphatic carbocycles. The predicted octanol–water partition coefficient (Wildman–Crippen LogP) is 2.97. The van der Waals surface area contributed by atoms with Crippen LogP contribution in [0.1, 0.15) is 26.7 Å². The molecule has 0 aromatic carbocycles. The van der Waals surface area contributed by atoms with Crippen molar-refractivity contribution in [1.82, 2.24) is 0 Å². The van der Waals surface area contributed by atoms with Crippen molar-refractivity contribution in [2.24, 2.45) is 16.9 Å². The average molecular weight is 463 g/mol. The van der Waals surface area contributed by atoms with E-state index in [9.17, 15) is 0 Å². The van der Waals surface area contributed by atoms with E-state index in [-0.39, 0.29) is 21.1 Å². The summed E-state index contributed by atoms with van der Waals surface area (Å²) < 4.78 is -3.09. The van der Waals surface area contributed by atoms with Crippen LogP contribution >= 0.6 is 46.4 Å². The van der Waals surface area contributed by atoms with E-state index in [1.807, 2.05) is 13.8 Å². The van der Waals surface area contributed by atoms with Crippen LogP contribution in [0.5, 0.6) is 0 Å². The van der Waals surface area contributed by atoms with Gasteiger partial charge in [0.05, 0.1) is 5.41 Å². The van der Waals surface area contributed by atoms with E-state index in [0.29, 0.717) is 12.8 Å². The number of nitrogens with two attached hydrogens (primary N) is 2. The summed E-state index contributed by atoms with van der Waals surface area (Å²) in [4.78, 5) is 0. The molecule has 0 rings (SSSR count). The van der Waals surface area contributed by atoms with Crippen LogP contribution in [-0.4, -0.2) is 8.91 Å². The van der Waals surface area contributed by atoms with Gasteiger partial charge in [-0.05, 0) is 12.8 Å². The van der Waals surface area contributed by atoms with Gasteiger partial charge in [0.15, 0.2) is 8.91 Å². The van der Waals surface area contributed by atoms with Gasteiger partial charge in [-0.2, -0.15) is 0 Å². The van der Waals surface area contributed by atoms with Gasteiger partial charge in [0.1, 0.15) is 0 Å². The Kier molecular flexibility index (Phi) is 7.66. The second-order valence-corrected chi connectivity index (χ2v) is 5.81. The van der Waals surface area contributed by atoms with Crippen molar-refractivity contribution in [3.8, 4) is 0 Å². The molecule has 14 heavy (non-hydrogen) atoms. The van der Waals surface area contributed by atoms with E-state index in [2.05, 4.69) is 0 Å². The third kappa shape index (κ3) is 3.38. The maximum Gasteiger partial charge on any atom is 0.176 e. The Morgan fingerprint density at radius 1 is 0.857 bits per heavy atom. The Hall–Kier alpha value is 1.77. The molecular formula is C7H14Cl4N2Pt. The van der Waals surface area contributed by atoms with Crippen LogP contribution in [0, 0.1) is 5.41 Å². The second kappa shape index (κ2) is 5.91. The molecule has 0 aliphatic heterocycles. The Morgan fingerprint density at radius 2 is 1.07 bits per heavy atom. The van der Waals surface area contributed by atoms with Crippen LogP contribution in [0.15, 0.2) is 0 Å². The number of alkyl halides is 4. The number of rotatable bonds is 4. The van der Waals surface area contributed by atoms with Crippen molar-refractivity contribution in [1.29, 1.82) is 0 Å². The van der Waals surface area contributed by atoms with Crippen molar-refractivity contribution in [2.75, 3.05) is 0 Å². The van der Waals surface area contributed by atoms with Gasteiger partial charge in [-0.3, -0.25) is 11.5 Å². The molecule has 4 N–H and O–H groups in total. The maximum absolute atomic E-state index is 5.84. The first-order valence-corrected chi connectivity index (χ1v) is 5.47. The minimum atomic E-state index is -1.55. The van der Waals surface area contributed by atoms with E-state index < -0.39 is 14.3 Å². The van der Waals surface area contributed by atoms with Crippen molar-refractivity contribution >= 4 is 46.4 Å². The standard InChI is InChI=1S/C7H14Cl4N2.Pt/c1-3-5(4-2,6(8,9)12)7(10,11)13;/h3-4,12-13H2,1-2H3;. The average Bonchev–Trinajstić information content (AvgIpc) is 1.84. The Bertz CT molecular complexity index is 156. The molecule has 0 saturated carbocycles. The first-order chi connectivity index (χ1) is 5.62. The summed E-state index contributed by atoms with van der Waals surface area (Å²) in [6.07, 6.45) is 0.993. The van der Waals surface area contributed by atoms with Gasteiger partial charge < -0.3 is 0 Å². The first-order valence-electron chi connectivity index (χ1n) is 3.95. The smallest absolute Gasteiger partial charge is 0.176 e. The van der Waals surface area contributed by atoms with E-state index >= 15 is 0 Å². The van der Waals surface area contributed by atoms with Gasteiger partial charge in [-0.15, -0.1) is 0 Å². The molecule has 0 radical (unpaired) electrons. The van der Waals surface area contributed by atoms with Crippen molar-refractivity contribution < 1.29 is 21.1 Å². The molecule has 0 heterocycles. The van der Waals surface area contributed by atoms with Crippen molar-refractivity contribution in [3.63, 3.8) is 0 Å². The number of hydrogen-bond donors (Lipinski definition) is 2. The predicted molar refractivity (Wildman–Crippen MR) is 60.3 cm³/mol. The van der Waals surface area contributed by atoms with E-state index in [1.165, 1.54) is 0 Å². The van der Waals surface area contributed by atoms with E-state index in [1.54, 1.807) is 0 Å². The largest absolute Gasteiger partial charge is 0.300 e. The molecule has 0 saturated heterocycles. The topological polar surface area (TPSA) is 52.0 Å². The molecule has 0 amide bonds. The third-order valence-electron chi connectivity index (χ3n) is 2.48. The quantitative estimate of drug-likeness (QED) is 0.498. The van der Waals surface area contributed by atoms with Gasteiger partial charge in [0.2, 0.25) is 0 Å². The van der Waals surface area contributed by atoms with Crippen LogP contribution in [0.4, 0.5) is 0 Å². The molecule has 0 atom stereocenters. The molecule has 7 heteroatoms. The normalized spacial score (nSPS) is 13.7. The Labute approximate surface area is 119 Å². The van der Waals surface area contributed by atoms with Gasteiger partial charge >= 0.3 is 0 Å². The summed E-state index contributed by atoms with van der Waals surface area (Å²) >= 11 is 23.3. The Morgan fingerprint density at radius 3 is 1.07 bits per heavy atom. The second-order valence-electron chi connectivity index (χ2n) is 3.04. The first kappa shape index (κ1) is 18.1.